The second-order valence-electron chi connectivity index (χ2n) is 4.85. The summed E-state index contributed by atoms with van der Waals surface area (Å²) in [6, 6.07) is 17.5. The molecule has 2 amide bonds. The summed E-state index contributed by atoms with van der Waals surface area (Å²) in [5.41, 5.74) is 2.12. The predicted molar refractivity (Wildman–Crippen MR) is 83.1 cm³/mol. The minimum Gasteiger partial charge on any atom is -0.497 e. The molecule has 0 heterocycles. The lowest BCUT2D eigenvalue weighted by atomic mass is 10.2. The molecule has 21 heavy (non-hydrogen) atoms. The van der Waals surface area contributed by atoms with Crippen LogP contribution in [0.5, 0.6) is 5.75 Å². The van der Waals surface area contributed by atoms with E-state index in [-0.39, 0.29) is 6.03 Å². The second-order valence-corrected chi connectivity index (χ2v) is 4.85. The van der Waals surface area contributed by atoms with E-state index in [4.69, 9.17) is 4.74 Å². The lowest BCUT2D eigenvalue weighted by Crippen LogP contribution is -2.36. The lowest BCUT2D eigenvalue weighted by molar-refractivity contribution is 0.206. The normalized spacial score (nSPS) is 10.0. The molecule has 2 aromatic carbocycles. The van der Waals surface area contributed by atoms with Gasteiger partial charge in [0.1, 0.15) is 5.75 Å². The molecule has 0 unspecified atom stereocenters. The molecule has 0 aliphatic carbocycles. The maximum Gasteiger partial charge on any atom is 0.317 e. The first-order valence-corrected chi connectivity index (χ1v) is 6.85. The number of nitrogens with one attached hydrogen (secondary N) is 1. The van der Waals surface area contributed by atoms with Crippen molar-refractivity contribution in [3.8, 4) is 5.75 Å². The maximum absolute atomic E-state index is 12.1. The van der Waals surface area contributed by atoms with Crippen molar-refractivity contribution in [3.63, 3.8) is 0 Å². The Hall–Kier alpha value is -2.49. The van der Waals surface area contributed by atoms with Crippen LogP contribution in [0.25, 0.3) is 0 Å². The minimum absolute atomic E-state index is 0.0957. The number of benzene rings is 2. The van der Waals surface area contributed by atoms with E-state index in [9.17, 15) is 4.79 Å². The fraction of sp³-hybridized carbons (Fsp3) is 0.235. The van der Waals surface area contributed by atoms with Gasteiger partial charge in [-0.2, -0.15) is 0 Å². The molecule has 0 atom stereocenters. The Bertz CT molecular complexity index is 584. The van der Waals surface area contributed by atoms with Crippen molar-refractivity contribution in [1.29, 1.82) is 0 Å². The van der Waals surface area contributed by atoms with E-state index in [0.717, 1.165) is 16.9 Å². The number of ether oxygens (including phenoxy) is 1. The van der Waals surface area contributed by atoms with E-state index >= 15 is 0 Å². The number of carbonyl (C=O) groups excluding carboxylic acids is 1. The fourth-order valence-corrected chi connectivity index (χ4v) is 2.02. The van der Waals surface area contributed by atoms with Crippen LogP contribution >= 0.6 is 0 Å². The summed E-state index contributed by atoms with van der Waals surface area (Å²) in [6.07, 6.45) is 0. The first-order valence-electron chi connectivity index (χ1n) is 6.85. The fourth-order valence-electron chi connectivity index (χ4n) is 2.02. The Balaban J connectivity index is 1.87. The maximum atomic E-state index is 12.1. The summed E-state index contributed by atoms with van der Waals surface area (Å²) in [5, 5.41) is 2.90. The van der Waals surface area contributed by atoms with E-state index in [1.807, 2.05) is 54.6 Å². The summed E-state index contributed by atoms with van der Waals surface area (Å²) in [4.78, 5) is 13.7. The average Bonchev–Trinajstić information content (AvgIpc) is 2.53. The smallest absolute Gasteiger partial charge is 0.317 e. The van der Waals surface area contributed by atoms with Crippen LogP contribution in [0.3, 0.4) is 0 Å². The molecule has 1 N–H and O–H groups in total. The van der Waals surface area contributed by atoms with Crippen molar-refractivity contribution in [3.05, 3.63) is 65.7 Å². The van der Waals surface area contributed by atoms with Crippen LogP contribution in [0.2, 0.25) is 0 Å². The molecular weight excluding hydrogens is 264 g/mol. The van der Waals surface area contributed by atoms with Gasteiger partial charge in [0, 0.05) is 20.1 Å². The molecule has 0 aliphatic heterocycles. The second kappa shape index (κ2) is 7.33. The molecule has 0 bridgehead atoms. The standard InChI is InChI=1S/C17H20N2O2/c1-19(13-15-9-6-10-16(11-15)21-2)17(20)18-12-14-7-4-3-5-8-14/h3-11H,12-13H2,1-2H3,(H,18,20). The Morgan fingerprint density at radius 2 is 1.81 bits per heavy atom. The lowest BCUT2D eigenvalue weighted by Gasteiger charge is -2.18. The third-order valence-corrected chi connectivity index (χ3v) is 3.19. The van der Waals surface area contributed by atoms with Crippen LogP contribution in [0.4, 0.5) is 4.79 Å². The predicted octanol–water partition coefficient (Wildman–Crippen LogP) is 3.04. The van der Waals surface area contributed by atoms with Crippen LogP contribution in [-0.4, -0.2) is 25.1 Å². The highest BCUT2D eigenvalue weighted by Crippen LogP contribution is 2.13. The molecule has 4 heteroatoms. The molecule has 0 radical (unpaired) electrons. The van der Waals surface area contributed by atoms with Crippen LogP contribution in [0.15, 0.2) is 54.6 Å². The number of methoxy groups -OCH3 is 1. The van der Waals surface area contributed by atoms with Crippen molar-refractivity contribution in [1.82, 2.24) is 10.2 Å². The summed E-state index contributed by atoms with van der Waals surface area (Å²) in [6.45, 7) is 1.07. The van der Waals surface area contributed by atoms with Gasteiger partial charge in [-0.1, -0.05) is 42.5 Å². The van der Waals surface area contributed by atoms with E-state index in [1.165, 1.54) is 0 Å². The number of hydrogen-bond acceptors (Lipinski definition) is 2. The number of urea groups is 1. The topological polar surface area (TPSA) is 41.6 Å². The molecule has 4 nitrogen and oxygen atoms in total. The monoisotopic (exact) mass is 284 g/mol. The highest BCUT2D eigenvalue weighted by Gasteiger charge is 2.09. The molecule has 0 saturated heterocycles. The SMILES string of the molecule is COc1cccc(CN(C)C(=O)NCc2ccccc2)c1. The van der Waals surface area contributed by atoms with Gasteiger partial charge in [0.15, 0.2) is 0 Å². The van der Waals surface area contributed by atoms with Gasteiger partial charge < -0.3 is 15.0 Å². The van der Waals surface area contributed by atoms with Gasteiger partial charge in [-0.15, -0.1) is 0 Å². The van der Waals surface area contributed by atoms with Gasteiger partial charge in [0.2, 0.25) is 0 Å². The highest BCUT2D eigenvalue weighted by atomic mass is 16.5. The van der Waals surface area contributed by atoms with Crippen LogP contribution in [0, 0.1) is 0 Å². The molecule has 2 rings (SSSR count). The Morgan fingerprint density at radius 3 is 2.52 bits per heavy atom. The summed E-state index contributed by atoms with van der Waals surface area (Å²) < 4.78 is 5.18. The van der Waals surface area contributed by atoms with Gasteiger partial charge >= 0.3 is 6.03 Å². The van der Waals surface area contributed by atoms with Gasteiger partial charge in [-0.05, 0) is 23.3 Å². The minimum atomic E-state index is -0.0957. The van der Waals surface area contributed by atoms with Crippen molar-refractivity contribution in [2.75, 3.05) is 14.2 Å². The number of amides is 2. The Morgan fingerprint density at radius 1 is 1.10 bits per heavy atom. The number of rotatable bonds is 5. The number of hydrogen-bond donors (Lipinski definition) is 1. The Labute approximate surface area is 125 Å². The van der Waals surface area contributed by atoms with E-state index in [0.29, 0.717) is 13.1 Å². The largest absolute Gasteiger partial charge is 0.497 e. The van der Waals surface area contributed by atoms with E-state index in [1.54, 1.807) is 19.1 Å². The molecule has 0 saturated carbocycles. The number of nitrogens with zero attached hydrogens (tertiary/aromatic N) is 1. The molecular formula is C17H20N2O2. The summed E-state index contributed by atoms with van der Waals surface area (Å²) in [5.74, 6) is 0.797. The van der Waals surface area contributed by atoms with Crippen molar-refractivity contribution >= 4 is 6.03 Å². The Kier molecular flexibility index (Phi) is 5.21. The summed E-state index contributed by atoms with van der Waals surface area (Å²) in [7, 11) is 3.41. The van der Waals surface area contributed by atoms with E-state index < -0.39 is 0 Å². The third kappa shape index (κ3) is 4.53. The van der Waals surface area contributed by atoms with Crippen LogP contribution in [-0.2, 0) is 13.1 Å². The first-order chi connectivity index (χ1) is 10.2. The molecule has 0 fully saturated rings. The average molecular weight is 284 g/mol. The molecule has 0 aliphatic rings. The van der Waals surface area contributed by atoms with Crippen molar-refractivity contribution < 1.29 is 9.53 Å². The molecule has 0 spiro atoms. The van der Waals surface area contributed by atoms with Gasteiger partial charge in [0.25, 0.3) is 0 Å². The van der Waals surface area contributed by atoms with Gasteiger partial charge in [0.05, 0.1) is 7.11 Å². The molecule has 110 valence electrons. The molecule has 2 aromatic rings. The van der Waals surface area contributed by atoms with Crippen LogP contribution in [0.1, 0.15) is 11.1 Å². The zero-order valence-electron chi connectivity index (χ0n) is 12.4. The van der Waals surface area contributed by atoms with Crippen LogP contribution < -0.4 is 10.1 Å². The van der Waals surface area contributed by atoms with Gasteiger partial charge in [-0.3, -0.25) is 0 Å². The molecule has 0 aromatic heterocycles. The summed E-state index contributed by atoms with van der Waals surface area (Å²) >= 11 is 0. The van der Waals surface area contributed by atoms with Gasteiger partial charge in [-0.25, -0.2) is 4.79 Å². The quantitative estimate of drug-likeness (QED) is 0.917. The number of carbonyl (C=O) groups is 1. The zero-order chi connectivity index (χ0) is 15.1. The third-order valence-electron chi connectivity index (χ3n) is 3.19. The first kappa shape index (κ1) is 14.9. The van der Waals surface area contributed by atoms with Crippen molar-refractivity contribution in [2.45, 2.75) is 13.1 Å². The highest BCUT2D eigenvalue weighted by molar-refractivity contribution is 5.73. The van der Waals surface area contributed by atoms with E-state index in [2.05, 4.69) is 5.32 Å². The zero-order valence-corrected chi connectivity index (χ0v) is 12.4. The van der Waals surface area contributed by atoms with Crippen molar-refractivity contribution in [2.24, 2.45) is 0 Å².